The molecule has 0 bridgehead atoms. The fourth-order valence-electron chi connectivity index (χ4n) is 1.78. The van der Waals surface area contributed by atoms with Gasteiger partial charge in [0, 0.05) is 11.3 Å². The van der Waals surface area contributed by atoms with Crippen molar-refractivity contribution in [3.05, 3.63) is 29.8 Å². The van der Waals surface area contributed by atoms with E-state index in [0.29, 0.717) is 11.0 Å². The molecule has 6 nitrogen and oxygen atoms in total. The fraction of sp³-hybridized carbons (Fsp3) is 0.267. The van der Waals surface area contributed by atoms with E-state index in [9.17, 15) is 4.79 Å². The Bertz CT molecular complexity index is 729. The number of benzene rings is 1. The summed E-state index contributed by atoms with van der Waals surface area (Å²) < 4.78 is 0. The average Bonchev–Trinajstić information content (AvgIpc) is 2.95. The first kappa shape index (κ1) is 15.9. The molecule has 0 fully saturated rings. The lowest BCUT2D eigenvalue weighted by Crippen LogP contribution is -2.21. The molecule has 112 valence electrons. The molecule has 2 rings (SSSR count). The number of Topliss-reactive ketones (excluding diaryl/α,β-unsaturated/α-hetero) is 1. The number of nitriles is 1. The predicted molar refractivity (Wildman–Crippen MR) is 84.8 cm³/mol. The summed E-state index contributed by atoms with van der Waals surface area (Å²) in [6, 6.07) is 9.70. The zero-order valence-electron chi connectivity index (χ0n) is 12.3. The predicted octanol–water partition coefficient (Wildman–Crippen LogP) is 2.62. The minimum atomic E-state index is -0.983. The van der Waals surface area contributed by atoms with Gasteiger partial charge in [-0.2, -0.15) is 5.26 Å². The minimum absolute atomic E-state index is 0.0587. The summed E-state index contributed by atoms with van der Waals surface area (Å²) in [6.07, 6.45) is 0. The van der Waals surface area contributed by atoms with E-state index in [-0.39, 0.29) is 17.2 Å². The van der Waals surface area contributed by atoms with Crippen molar-refractivity contribution >= 4 is 23.3 Å². The van der Waals surface area contributed by atoms with Crippen LogP contribution in [0.4, 0.5) is 0 Å². The van der Waals surface area contributed by atoms with Gasteiger partial charge in [-0.05, 0) is 13.8 Å². The summed E-state index contributed by atoms with van der Waals surface area (Å²) in [5.41, 5.74) is 2.14. The molecule has 22 heavy (non-hydrogen) atoms. The lowest BCUT2D eigenvalue weighted by atomic mass is 10.0. The Kier molecular flexibility index (Phi) is 5.07. The SMILES string of the molecule is CC(=N)[C@@H](C#N)C(=O)CSc1n[nH]c(-c2ccc(C)cc2)n1. The summed E-state index contributed by atoms with van der Waals surface area (Å²) in [6.45, 7) is 3.47. The maximum atomic E-state index is 11.9. The number of aryl methyl sites for hydroxylation is 1. The summed E-state index contributed by atoms with van der Waals surface area (Å²) >= 11 is 1.16. The van der Waals surface area contributed by atoms with Gasteiger partial charge in [0.1, 0.15) is 5.92 Å². The third-order valence-corrected chi connectivity index (χ3v) is 3.89. The molecule has 1 aromatic heterocycles. The van der Waals surface area contributed by atoms with E-state index >= 15 is 0 Å². The van der Waals surface area contributed by atoms with Gasteiger partial charge in [0.2, 0.25) is 5.16 Å². The summed E-state index contributed by atoms with van der Waals surface area (Å²) in [5.74, 6) is -0.584. The van der Waals surface area contributed by atoms with Gasteiger partial charge in [-0.15, -0.1) is 5.10 Å². The third-order valence-electron chi connectivity index (χ3n) is 3.02. The van der Waals surface area contributed by atoms with Crippen LogP contribution in [0.5, 0.6) is 0 Å². The van der Waals surface area contributed by atoms with Crippen LogP contribution in [-0.2, 0) is 4.79 Å². The highest BCUT2D eigenvalue weighted by Crippen LogP contribution is 2.20. The van der Waals surface area contributed by atoms with E-state index in [4.69, 9.17) is 10.7 Å². The van der Waals surface area contributed by atoms with E-state index in [1.165, 1.54) is 6.92 Å². The Labute approximate surface area is 132 Å². The summed E-state index contributed by atoms with van der Waals surface area (Å²) in [7, 11) is 0. The Hall–Kier alpha value is -2.46. The largest absolute Gasteiger partial charge is 0.308 e. The maximum absolute atomic E-state index is 11.9. The van der Waals surface area contributed by atoms with Gasteiger partial charge in [-0.1, -0.05) is 41.6 Å². The van der Waals surface area contributed by atoms with Crippen LogP contribution in [0.1, 0.15) is 12.5 Å². The third kappa shape index (κ3) is 3.80. The number of aromatic nitrogens is 3. The van der Waals surface area contributed by atoms with Crippen molar-refractivity contribution in [2.24, 2.45) is 5.92 Å². The van der Waals surface area contributed by atoms with Crippen LogP contribution in [0.15, 0.2) is 29.4 Å². The number of thioether (sulfide) groups is 1. The molecule has 0 aliphatic carbocycles. The maximum Gasteiger partial charge on any atom is 0.209 e. The molecule has 0 saturated heterocycles. The normalized spacial score (nSPS) is 11.7. The smallest absolute Gasteiger partial charge is 0.209 e. The molecule has 0 spiro atoms. The second-order valence-corrected chi connectivity index (χ2v) is 5.78. The van der Waals surface area contributed by atoms with Gasteiger partial charge in [0.15, 0.2) is 11.6 Å². The number of ketones is 1. The van der Waals surface area contributed by atoms with Crippen LogP contribution >= 0.6 is 11.8 Å². The van der Waals surface area contributed by atoms with Crippen LogP contribution in [0, 0.1) is 29.6 Å². The molecule has 1 atom stereocenters. The molecule has 0 aliphatic heterocycles. The van der Waals surface area contributed by atoms with Crippen molar-refractivity contribution in [2.45, 2.75) is 19.0 Å². The topological polar surface area (TPSA) is 106 Å². The molecule has 0 amide bonds. The highest BCUT2D eigenvalue weighted by molar-refractivity contribution is 7.99. The number of aromatic amines is 1. The zero-order chi connectivity index (χ0) is 16.1. The van der Waals surface area contributed by atoms with Crippen LogP contribution in [0.2, 0.25) is 0 Å². The molecule has 2 aromatic rings. The van der Waals surface area contributed by atoms with Gasteiger partial charge in [-0.25, -0.2) is 4.98 Å². The second-order valence-electron chi connectivity index (χ2n) is 4.83. The lowest BCUT2D eigenvalue weighted by molar-refractivity contribution is -0.117. The molecule has 1 aromatic carbocycles. The van der Waals surface area contributed by atoms with Gasteiger partial charge in [0.05, 0.1) is 11.8 Å². The fourth-order valence-corrected chi connectivity index (χ4v) is 2.48. The number of carbonyl (C=O) groups excluding carboxylic acids is 1. The van der Waals surface area contributed by atoms with E-state index in [1.807, 2.05) is 37.3 Å². The van der Waals surface area contributed by atoms with Crippen LogP contribution < -0.4 is 0 Å². The molecule has 0 unspecified atom stereocenters. The summed E-state index contributed by atoms with van der Waals surface area (Å²) in [4.78, 5) is 16.2. The molecule has 0 radical (unpaired) electrons. The zero-order valence-corrected chi connectivity index (χ0v) is 13.1. The number of hydrogen-bond acceptors (Lipinski definition) is 6. The van der Waals surface area contributed by atoms with Crippen molar-refractivity contribution in [3.8, 4) is 17.5 Å². The Morgan fingerprint density at radius 3 is 2.73 bits per heavy atom. The molecular formula is C15H15N5OS. The Morgan fingerprint density at radius 1 is 1.45 bits per heavy atom. The highest BCUT2D eigenvalue weighted by Gasteiger charge is 2.20. The van der Waals surface area contributed by atoms with E-state index < -0.39 is 5.92 Å². The first-order valence-corrected chi connectivity index (χ1v) is 7.59. The van der Waals surface area contributed by atoms with Gasteiger partial charge in [-0.3, -0.25) is 9.89 Å². The Balaban J connectivity index is 2.01. The minimum Gasteiger partial charge on any atom is -0.308 e. The van der Waals surface area contributed by atoms with Crippen molar-refractivity contribution in [1.82, 2.24) is 15.2 Å². The Morgan fingerprint density at radius 2 is 2.14 bits per heavy atom. The van der Waals surface area contributed by atoms with Crippen LogP contribution in [-0.4, -0.2) is 32.4 Å². The van der Waals surface area contributed by atoms with Crippen molar-refractivity contribution < 1.29 is 4.79 Å². The van der Waals surface area contributed by atoms with Crippen molar-refractivity contribution in [3.63, 3.8) is 0 Å². The average molecular weight is 313 g/mol. The van der Waals surface area contributed by atoms with Crippen molar-refractivity contribution in [1.29, 1.82) is 10.7 Å². The van der Waals surface area contributed by atoms with Crippen LogP contribution in [0.3, 0.4) is 0 Å². The van der Waals surface area contributed by atoms with Gasteiger partial charge >= 0.3 is 0 Å². The molecule has 1 heterocycles. The molecule has 0 saturated carbocycles. The van der Waals surface area contributed by atoms with E-state index in [2.05, 4.69) is 15.2 Å². The summed E-state index contributed by atoms with van der Waals surface area (Å²) in [5, 5.41) is 23.6. The first-order valence-electron chi connectivity index (χ1n) is 6.61. The quantitative estimate of drug-likeness (QED) is 0.630. The van der Waals surface area contributed by atoms with Gasteiger partial charge < -0.3 is 5.41 Å². The number of nitrogens with zero attached hydrogens (tertiary/aromatic N) is 3. The monoisotopic (exact) mass is 313 g/mol. The van der Waals surface area contributed by atoms with Crippen LogP contribution in [0.25, 0.3) is 11.4 Å². The van der Waals surface area contributed by atoms with Crippen molar-refractivity contribution in [2.75, 3.05) is 5.75 Å². The van der Waals surface area contributed by atoms with E-state index in [0.717, 1.165) is 22.9 Å². The number of carbonyl (C=O) groups is 1. The number of nitrogens with one attached hydrogen (secondary N) is 2. The second kappa shape index (κ2) is 7.00. The molecular weight excluding hydrogens is 298 g/mol. The number of H-pyrrole nitrogens is 1. The van der Waals surface area contributed by atoms with Gasteiger partial charge in [0.25, 0.3) is 0 Å². The first-order chi connectivity index (χ1) is 10.5. The van der Waals surface area contributed by atoms with E-state index in [1.54, 1.807) is 0 Å². The highest BCUT2D eigenvalue weighted by atomic mass is 32.2. The lowest BCUT2D eigenvalue weighted by Gasteiger charge is -2.03. The molecule has 2 N–H and O–H groups in total. The number of rotatable bonds is 6. The number of hydrogen-bond donors (Lipinski definition) is 2. The standard InChI is InChI=1S/C15H15N5OS/c1-9-3-5-11(6-4-9)14-18-15(20-19-14)22-8-13(21)12(7-16)10(2)17/h3-6,12,17H,8H2,1-2H3,(H,18,19,20)/t12-/m1/s1. The molecule has 7 heteroatoms. The molecule has 0 aliphatic rings.